The summed E-state index contributed by atoms with van der Waals surface area (Å²) in [6, 6.07) is 4.04. The Morgan fingerprint density at radius 3 is 2.61 bits per heavy atom. The quantitative estimate of drug-likeness (QED) is 0.778. The molecule has 2 aromatic rings. The van der Waals surface area contributed by atoms with Crippen LogP contribution in [0.5, 0.6) is 5.75 Å². The first-order valence-corrected chi connectivity index (χ1v) is 6.20. The molecule has 2 rings (SSSR count). The Hall–Kier alpha value is -1.97. The molecule has 0 bridgehead atoms. The second kappa shape index (κ2) is 4.72. The molecule has 1 aromatic carbocycles. The van der Waals surface area contributed by atoms with Gasteiger partial charge in [0.2, 0.25) is 0 Å². The number of nitrogens with one attached hydrogen (secondary N) is 1. The molecule has 4 nitrogen and oxygen atoms in total. The van der Waals surface area contributed by atoms with E-state index in [0.29, 0.717) is 17.5 Å². The zero-order valence-corrected chi connectivity index (χ0v) is 11.0. The second-order valence-corrected chi connectivity index (χ2v) is 4.74. The van der Waals surface area contributed by atoms with Crippen LogP contribution in [0.15, 0.2) is 18.3 Å². The molecule has 0 saturated carbocycles. The summed E-state index contributed by atoms with van der Waals surface area (Å²) < 4.78 is 0. The summed E-state index contributed by atoms with van der Waals surface area (Å²) in [5.74, 6) is 1.11. The van der Waals surface area contributed by atoms with Crippen LogP contribution in [0.25, 0.3) is 11.1 Å². The topological polar surface area (TPSA) is 74.9 Å². The molecule has 0 spiro atoms. The van der Waals surface area contributed by atoms with Crippen LogP contribution in [0.1, 0.15) is 37.8 Å². The summed E-state index contributed by atoms with van der Waals surface area (Å²) in [5.41, 5.74) is 9.45. The molecule has 0 fully saturated rings. The average molecular weight is 245 g/mol. The summed E-state index contributed by atoms with van der Waals surface area (Å²) in [6.07, 6.45) is 2.45. The Balaban J connectivity index is 2.73. The van der Waals surface area contributed by atoms with E-state index in [1.807, 2.05) is 13.0 Å². The Morgan fingerprint density at radius 2 is 2.11 bits per heavy atom. The van der Waals surface area contributed by atoms with Gasteiger partial charge < -0.3 is 10.8 Å². The van der Waals surface area contributed by atoms with Crippen LogP contribution in [0.4, 0.5) is 5.82 Å². The highest BCUT2D eigenvalue weighted by Crippen LogP contribution is 2.40. The molecule has 4 N–H and O–H groups in total. The Kier molecular flexibility index (Phi) is 3.28. The number of phenolic OH excluding ortho intramolecular Hbond substituents is 1. The third kappa shape index (κ3) is 1.94. The summed E-state index contributed by atoms with van der Waals surface area (Å²) in [7, 11) is 0. The van der Waals surface area contributed by atoms with Gasteiger partial charge in [-0.1, -0.05) is 32.9 Å². The number of aromatic amines is 1. The van der Waals surface area contributed by atoms with Crippen molar-refractivity contribution in [3.63, 3.8) is 0 Å². The van der Waals surface area contributed by atoms with Crippen molar-refractivity contribution in [1.82, 2.24) is 10.2 Å². The van der Waals surface area contributed by atoms with E-state index in [4.69, 9.17) is 5.73 Å². The SMILES string of the molecule is CCc1ccc(C(C)C)c(-c2cn[nH]c2N)c1O. The van der Waals surface area contributed by atoms with Crippen LogP contribution in [0.2, 0.25) is 0 Å². The van der Waals surface area contributed by atoms with Gasteiger partial charge in [-0.25, -0.2) is 0 Å². The molecule has 18 heavy (non-hydrogen) atoms. The maximum absolute atomic E-state index is 10.4. The van der Waals surface area contributed by atoms with Crippen LogP contribution in [-0.2, 0) is 6.42 Å². The molecule has 0 saturated heterocycles. The van der Waals surface area contributed by atoms with Crippen LogP contribution in [0, 0.1) is 0 Å². The number of hydrogen-bond acceptors (Lipinski definition) is 3. The second-order valence-electron chi connectivity index (χ2n) is 4.74. The molecule has 0 aliphatic heterocycles. The Labute approximate surface area is 107 Å². The fourth-order valence-electron chi connectivity index (χ4n) is 2.19. The lowest BCUT2D eigenvalue weighted by molar-refractivity contribution is 0.470. The van der Waals surface area contributed by atoms with Crippen molar-refractivity contribution in [3.05, 3.63) is 29.5 Å². The van der Waals surface area contributed by atoms with E-state index in [-0.39, 0.29) is 0 Å². The number of aryl methyl sites for hydroxylation is 1. The van der Waals surface area contributed by atoms with Crippen LogP contribution in [-0.4, -0.2) is 15.3 Å². The first-order chi connectivity index (χ1) is 8.56. The minimum Gasteiger partial charge on any atom is -0.507 e. The predicted molar refractivity (Wildman–Crippen MR) is 73.6 cm³/mol. The first kappa shape index (κ1) is 12.5. The molecule has 4 heteroatoms. The van der Waals surface area contributed by atoms with Crippen molar-refractivity contribution in [3.8, 4) is 16.9 Å². The van der Waals surface area contributed by atoms with Gasteiger partial charge in [0.25, 0.3) is 0 Å². The number of nitrogens with zero attached hydrogens (tertiary/aromatic N) is 1. The Bertz CT molecular complexity index is 558. The predicted octanol–water partition coefficient (Wildman–Crippen LogP) is 3.05. The van der Waals surface area contributed by atoms with E-state index in [2.05, 4.69) is 30.1 Å². The normalized spacial score (nSPS) is 11.1. The van der Waals surface area contributed by atoms with Crippen LogP contribution in [0.3, 0.4) is 0 Å². The van der Waals surface area contributed by atoms with Gasteiger partial charge >= 0.3 is 0 Å². The molecule has 0 aliphatic carbocycles. The van der Waals surface area contributed by atoms with Gasteiger partial charge in [0.1, 0.15) is 11.6 Å². The van der Waals surface area contributed by atoms with E-state index >= 15 is 0 Å². The van der Waals surface area contributed by atoms with Gasteiger partial charge in [-0.15, -0.1) is 0 Å². The monoisotopic (exact) mass is 245 g/mol. The smallest absolute Gasteiger partial charge is 0.127 e. The van der Waals surface area contributed by atoms with E-state index in [9.17, 15) is 5.11 Å². The molecule has 0 radical (unpaired) electrons. The van der Waals surface area contributed by atoms with Crippen molar-refractivity contribution < 1.29 is 5.11 Å². The number of benzene rings is 1. The van der Waals surface area contributed by atoms with E-state index in [1.165, 1.54) is 0 Å². The molecule has 0 atom stereocenters. The highest BCUT2D eigenvalue weighted by molar-refractivity contribution is 5.81. The van der Waals surface area contributed by atoms with Crippen LogP contribution >= 0.6 is 0 Å². The molecule has 0 amide bonds. The number of H-pyrrole nitrogens is 1. The molecule has 0 aliphatic rings. The highest BCUT2D eigenvalue weighted by Gasteiger charge is 2.18. The summed E-state index contributed by atoms with van der Waals surface area (Å²) >= 11 is 0. The van der Waals surface area contributed by atoms with Gasteiger partial charge in [-0.2, -0.15) is 5.10 Å². The number of nitrogens with two attached hydrogens (primary N) is 1. The van der Waals surface area contributed by atoms with E-state index < -0.39 is 0 Å². The van der Waals surface area contributed by atoms with Gasteiger partial charge in [-0.3, -0.25) is 5.10 Å². The molecule has 1 heterocycles. The van der Waals surface area contributed by atoms with Gasteiger partial charge in [-0.05, 0) is 23.5 Å². The lowest BCUT2D eigenvalue weighted by Gasteiger charge is -2.16. The van der Waals surface area contributed by atoms with Gasteiger partial charge in [0, 0.05) is 11.1 Å². The molecule has 96 valence electrons. The van der Waals surface area contributed by atoms with E-state index in [0.717, 1.165) is 28.7 Å². The standard InChI is InChI=1S/C14H19N3O/c1-4-9-5-6-10(8(2)3)12(13(9)18)11-7-16-17-14(11)15/h5-8,18H,4H2,1-3H3,(H3,15,16,17). The zero-order chi connectivity index (χ0) is 13.3. The highest BCUT2D eigenvalue weighted by atomic mass is 16.3. The van der Waals surface area contributed by atoms with E-state index in [1.54, 1.807) is 6.20 Å². The van der Waals surface area contributed by atoms with Crippen LogP contribution < -0.4 is 5.73 Å². The van der Waals surface area contributed by atoms with Crippen molar-refractivity contribution in [2.45, 2.75) is 33.1 Å². The van der Waals surface area contributed by atoms with Crippen molar-refractivity contribution >= 4 is 5.82 Å². The fraction of sp³-hybridized carbons (Fsp3) is 0.357. The number of hydrogen-bond donors (Lipinski definition) is 3. The molecular weight excluding hydrogens is 226 g/mol. The molecular formula is C14H19N3O. The third-order valence-corrected chi connectivity index (χ3v) is 3.23. The minimum absolute atomic E-state index is 0.311. The molecule has 1 aromatic heterocycles. The maximum Gasteiger partial charge on any atom is 0.127 e. The summed E-state index contributed by atoms with van der Waals surface area (Å²) in [5, 5.41) is 17.1. The zero-order valence-electron chi connectivity index (χ0n) is 11.0. The average Bonchev–Trinajstić information content (AvgIpc) is 2.74. The summed E-state index contributed by atoms with van der Waals surface area (Å²) in [4.78, 5) is 0. The van der Waals surface area contributed by atoms with Crippen molar-refractivity contribution in [1.29, 1.82) is 0 Å². The third-order valence-electron chi connectivity index (χ3n) is 3.23. The van der Waals surface area contributed by atoms with Gasteiger partial charge in [0.15, 0.2) is 0 Å². The minimum atomic E-state index is 0.311. The Morgan fingerprint density at radius 1 is 1.39 bits per heavy atom. The summed E-state index contributed by atoms with van der Waals surface area (Å²) in [6.45, 7) is 6.22. The number of rotatable bonds is 3. The lowest BCUT2D eigenvalue weighted by atomic mass is 9.90. The lowest BCUT2D eigenvalue weighted by Crippen LogP contribution is -1.97. The van der Waals surface area contributed by atoms with Crippen molar-refractivity contribution in [2.75, 3.05) is 5.73 Å². The maximum atomic E-state index is 10.4. The molecule has 0 unspecified atom stereocenters. The fourth-order valence-corrected chi connectivity index (χ4v) is 2.19. The van der Waals surface area contributed by atoms with Gasteiger partial charge in [0.05, 0.1) is 6.20 Å². The number of aromatic nitrogens is 2. The number of nitrogen functional groups attached to an aromatic ring is 1. The number of phenols is 1. The number of aromatic hydroxyl groups is 1. The largest absolute Gasteiger partial charge is 0.507 e. The van der Waals surface area contributed by atoms with Crippen molar-refractivity contribution in [2.24, 2.45) is 0 Å². The first-order valence-electron chi connectivity index (χ1n) is 6.20. The number of anilines is 1.